The number of hydrogen-bond donors (Lipinski definition) is 3. The molecule has 0 aliphatic rings. The van der Waals surface area contributed by atoms with Crippen LogP contribution in [0.2, 0.25) is 0 Å². The molecular weight excluding hydrogens is 322 g/mol. The summed E-state index contributed by atoms with van der Waals surface area (Å²) in [4.78, 5) is 12.1. The van der Waals surface area contributed by atoms with Gasteiger partial charge in [0.25, 0.3) is 5.91 Å². The number of nitriles is 1. The fourth-order valence-corrected chi connectivity index (χ4v) is 2.00. The molecule has 0 atom stereocenters. The number of phenolic OH excluding ortho intramolecular Hbond substituents is 1. The van der Waals surface area contributed by atoms with E-state index in [4.69, 9.17) is 11.0 Å². The number of hydrogen-bond acceptors (Lipinski definition) is 4. The Morgan fingerprint density at radius 1 is 1.30 bits per heavy atom. The van der Waals surface area contributed by atoms with E-state index in [9.17, 15) is 9.90 Å². The molecule has 100 valence electrons. The number of carbonyl (C=O) groups excluding carboxylic acids is 1. The zero-order valence-electron chi connectivity index (χ0n) is 10.2. The number of nitrogens with zero attached hydrogens (tertiary/aromatic N) is 1. The van der Waals surface area contributed by atoms with E-state index in [0.717, 1.165) is 0 Å². The highest BCUT2D eigenvalue weighted by molar-refractivity contribution is 9.10. The molecule has 6 heteroatoms. The van der Waals surface area contributed by atoms with Crippen LogP contribution < -0.4 is 11.1 Å². The van der Waals surface area contributed by atoms with Crippen molar-refractivity contribution in [3.05, 3.63) is 52.0 Å². The van der Waals surface area contributed by atoms with Crippen LogP contribution in [0.25, 0.3) is 0 Å². The number of nitrogens with one attached hydrogen (secondary N) is 1. The quantitative estimate of drug-likeness (QED) is 0.736. The fourth-order valence-electron chi connectivity index (χ4n) is 1.65. The van der Waals surface area contributed by atoms with Crippen molar-refractivity contribution >= 4 is 33.2 Å². The molecule has 0 radical (unpaired) electrons. The van der Waals surface area contributed by atoms with Crippen molar-refractivity contribution in [1.29, 1.82) is 5.26 Å². The number of aromatic hydroxyl groups is 1. The second-order valence-electron chi connectivity index (χ2n) is 4.03. The van der Waals surface area contributed by atoms with Crippen LogP contribution in [0.3, 0.4) is 0 Å². The SMILES string of the molecule is N#Cc1cc(N)ccc1NC(=O)c1ccc(Br)cc1O. The summed E-state index contributed by atoms with van der Waals surface area (Å²) in [6, 6.07) is 11.1. The maximum absolute atomic E-state index is 12.1. The third-order valence-corrected chi connectivity index (χ3v) is 3.11. The van der Waals surface area contributed by atoms with Gasteiger partial charge in [-0.2, -0.15) is 5.26 Å². The lowest BCUT2D eigenvalue weighted by Gasteiger charge is -2.09. The van der Waals surface area contributed by atoms with Crippen LogP contribution in [-0.2, 0) is 0 Å². The van der Waals surface area contributed by atoms with Crippen molar-refractivity contribution in [2.45, 2.75) is 0 Å². The lowest BCUT2D eigenvalue weighted by atomic mass is 10.1. The van der Waals surface area contributed by atoms with Crippen LogP contribution in [0.4, 0.5) is 11.4 Å². The number of nitrogen functional groups attached to an aromatic ring is 1. The van der Waals surface area contributed by atoms with Gasteiger partial charge >= 0.3 is 0 Å². The van der Waals surface area contributed by atoms with Crippen LogP contribution >= 0.6 is 15.9 Å². The second kappa shape index (κ2) is 5.63. The topological polar surface area (TPSA) is 99.1 Å². The first kappa shape index (κ1) is 13.9. The average molecular weight is 332 g/mol. The molecule has 4 N–H and O–H groups in total. The van der Waals surface area contributed by atoms with Crippen molar-refractivity contribution in [3.63, 3.8) is 0 Å². The smallest absolute Gasteiger partial charge is 0.259 e. The van der Waals surface area contributed by atoms with E-state index in [1.165, 1.54) is 18.2 Å². The Labute approximate surface area is 123 Å². The lowest BCUT2D eigenvalue weighted by Crippen LogP contribution is -2.13. The van der Waals surface area contributed by atoms with Crippen LogP contribution in [0.1, 0.15) is 15.9 Å². The molecule has 0 aliphatic heterocycles. The van der Waals surface area contributed by atoms with Gasteiger partial charge in [-0.05, 0) is 36.4 Å². The van der Waals surface area contributed by atoms with Gasteiger partial charge in [-0.25, -0.2) is 0 Å². The van der Waals surface area contributed by atoms with E-state index in [1.807, 2.05) is 6.07 Å². The predicted molar refractivity (Wildman–Crippen MR) is 79.3 cm³/mol. The Morgan fingerprint density at radius 3 is 2.70 bits per heavy atom. The Balaban J connectivity index is 2.31. The summed E-state index contributed by atoms with van der Waals surface area (Å²) in [5.74, 6) is -0.651. The van der Waals surface area contributed by atoms with Crippen molar-refractivity contribution in [1.82, 2.24) is 0 Å². The zero-order valence-corrected chi connectivity index (χ0v) is 11.8. The Hall–Kier alpha value is -2.52. The number of rotatable bonds is 2. The van der Waals surface area contributed by atoms with Crippen molar-refractivity contribution < 1.29 is 9.90 Å². The van der Waals surface area contributed by atoms with E-state index < -0.39 is 5.91 Å². The van der Waals surface area contributed by atoms with Gasteiger partial charge in [-0.3, -0.25) is 4.79 Å². The minimum Gasteiger partial charge on any atom is -0.507 e. The number of amides is 1. The summed E-state index contributed by atoms with van der Waals surface area (Å²) in [6.07, 6.45) is 0. The first-order chi connectivity index (χ1) is 9.51. The Kier molecular flexibility index (Phi) is 3.91. The van der Waals surface area contributed by atoms with Crippen molar-refractivity contribution in [2.75, 3.05) is 11.1 Å². The number of halogens is 1. The van der Waals surface area contributed by atoms with Gasteiger partial charge in [0.2, 0.25) is 0 Å². The van der Waals surface area contributed by atoms with Crippen LogP contribution in [-0.4, -0.2) is 11.0 Å². The van der Waals surface area contributed by atoms with E-state index in [-0.39, 0.29) is 16.9 Å². The first-order valence-electron chi connectivity index (χ1n) is 5.61. The number of carbonyl (C=O) groups is 1. The predicted octanol–water partition coefficient (Wildman–Crippen LogP) is 2.86. The first-order valence-corrected chi connectivity index (χ1v) is 6.40. The second-order valence-corrected chi connectivity index (χ2v) is 4.95. The van der Waals surface area contributed by atoms with Crippen LogP contribution in [0.15, 0.2) is 40.9 Å². The molecule has 0 fully saturated rings. The summed E-state index contributed by atoms with van der Waals surface area (Å²) >= 11 is 3.19. The van der Waals surface area contributed by atoms with E-state index in [1.54, 1.807) is 18.2 Å². The van der Waals surface area contributed by atoms with Gasteiger partial charge in [0, 0.05) is 10.2 Å². The molecule has 0 unspecified atom stereocenters. The highest BCUT2D eigenvalue weighted by Crippen LogP contribution is 2.24. The molecule has 5 nitrogen and oxygen atoms in total. The molecule has 0 spiro atoms. The van der Waals surface area contributed by atoms with E-state index in [2.05, 4.69) is 21.2 Å². The molecule has 0 aromatic heterocycles. The number of benzene rings is 2. The van der Waals surface area contributed by atoms with Gasteiger partial charge < -0.3 is 16.2 Å². The molecule has 1 amide bonds. The molecule has 0 aliphatic carbocycles. The van der Waals surface area contributed by atoms with Gasteiger partial charge in [0.15, 0.2) is 0 Å². The van der Waals surface area contributed by atoms with Gasteiger partial charge in [0.05, 0.1) is 16.8 Å². The van der Waals surface area contributed by atoms with Crippen molar-refractivity contribution in [2.24, 2.45) is 0 Å². The number of phenols is 1. The summed E-state index contributed by atoms with van der Waals surface area (Å²) in [7, 11) is 0. The molecule has 0 bridgehead atoms. The van der Waals surface area contributed by atoms with Gasteiger partial charge in [0.1, 0.15) is 11.8 Å². The van der Waals surface area contributed by atoms with Gasteiger partial charge in [-0.15, -0.1) is 0 Å². The minimum atomic E-state index is -0.503. The molecule has 0 heterocycles. The third kappa shape index (κ3) is 2.90. The van der Waals surface area contributed by atoms with E-state index >= 15 is 0 Å². The van der Waals surface area contributed by atoms with Crippen molar-refractivity contribution in [3.8, 4) is 11.8 Å². The number of nitrogens with two attached hydrogens (primary N) is 1. The third-order valence-electron chi connectivity index (χ3n) is 2.62. The summed E-state index contributed by atoms with van der Waals surface area (Å²) in [6.45, 7) is 0. The highest BCUT2D eigenvalue weighted by atomic mass is 79.9. The Morgan fingerprint density at radius 2 is 2.05 bits per heavy atom. The lowest BCUT2D eigenvalue weighted by molar-refractivity contribution is 0.102. The average Bonchev–Trinajstić information content (AvgIpc) is 2.40. The summed E-state index contributed by atoms with van der Waals surface area (Å²) < 4.78 is 0.664. The molecule has 2 rings (SSSR count). The fraction of sp³-hybridized carbons (Fsp3) is 0. The van der Waals surface area contributed by atoms with Crippen LogP contribution in [0, 0.1) is 11.3 Å². The Bertz CT molecular complexity index is 723. The van der Waals surface area contributed by atoms with Crippen LogP contribution in [0.5, 0.6) is 5.75 Å². The molecule has 0 saturated heterocycles. The monoisotopic (exact) mass is 331 g/mol. The standard InChI is InChI=1S/C14H10BrN3O2/c15-9-1-3-11(13(19)6-9)14(20)18-12-4-2-10(17)5-8(12)7-16/h1-6,19H,17H2,(H,18,20). The molecule has 0 saturated carbocycles. The van der Waals surface area contributed by atoms with E-state index in [0.29, 0.717) is 15.8 Å². The minimum absolute atomic E-state index is 0.119. The molecule has 2 aromatic carbocycles. The summed E-state index contributed by atoms with van der Waals surface area (Å²) in [5, 5.41) is 21.3. The molecular formula is C14H10BrN3O2. The zero-order chi connectivity index (χ0) is 14.7. The largest absolute Gasteiger partial charge is 0.507 e. The molecule has 20 heavy (non-hydrogen) atoms. The molecule has 2 aromatic rings. The van der Waals surface area contributed by atoms with Gasteiger partial charge in [-0.1, -0.05) is 15.9 Å². The maximum atomic E-state index is 12.1. The maximum Gasteiger partial charge on any atom is 0.259 e. The number of anilines is 2. The highest BCUT2D eigenvalue weighted by Gasteiger charge is 2.13. The normalized spacial score (nSPS) is 9.80. The summed E-state index contributed by atoms with van der Waals surface area (Å²) in [5.41, 5.74) is 6.73.